The fourth-order valence-electron chi connectivity index (χ4n) is 3.69. The van der Waals surface area contributed by atoms with Crippen molar-refractivity contribution in [2.24, 2.45) is 5.92 Å². The van der Waals surface area contributed by atoms with Gasteiger partial charge in [-0.2, -0.15) is 0 Å². The van der Waals surface area contributed by atoms with Gasteiger partial charge in [0, 0.05) is 13.7 Å². The van der Waals surface area contributed by atoms with Gasteiger partial charge in [0.2, 0.25) is 5.91 Å². The Balaban J connectivity index is 1.67. The number of amides is 2. The van der Waals surface area contributed by atoms with E-state index in [2.05, 4.69) is 16.7 Å². The van der Waals surface area contributed by atoms with Gasteiger partial charge in [-0.05, 0) is 51.9 Å². The van der Waals surface area contributed by atoms with E-state index in [1.165, 1.54) is 7.11 Å². The van der Waals surface area contributed by atoms with E-state index in [-0.39, 0.29) is 5.91 Å². The minimum absolute atomic E-state index is 0.206. The molecule has 3 N–H and O–H groups in total. The molecule has 3 fully saturated rings. The molecule has 158 valence electrons. The van der Waals surface area contributed by atoms with Crippen LogP contribution in [-0.2, 0) is 23.8 Å². The summed E-state index contributed by atoms with van der Waals surface area (Å²) in [5.41, 5.74) is 0. The predicted molar refractivity (Wildman–Crippen MR) is 101 cm³/mol. The molecular formula is C20H32N2O6. The maximum atomic E-state index is 12.8. The van der Waals surface area contributed by atoms with Gasteiger partial charge < -0.3 is 30.0 Å². The molecule has 1 saturated carbocycles. The van der Waals surface area contributed by atoms with Gasteiger partial charge in [0.15, 0.2) is 11.9 Å². The molecule has 2 aliphatic heterocycles. The van der Waals surface area contributed by atoms with Gasteiger partial charge in [-0.15, -0.1) is 0 Å². The van der Waals surface area contributed by atoms with Gasteiger partial charge in [-0.3, -0.25) is 9.59 Å². The molecule has 0 radical (unpaired) electrons. The Morgan fingerprint density at radius 1 is 1.29 bits per heavy atom. The first-order valence-corrected chi connectivity index (χ1v) is 10.1. The van der Waals surface area contributed by atoms with Crippen LogP contribution in [0.5, 0.6) is 0 Å². The summed E-state index contributed by atoms with van der Waals surface area (Å²) in [6, 6.07) is -0.623. The van der Waals surface area contributed by atoms with Gasteiger partial charge in [0.1, 0.15) is 24.4 Å². The van der Waals surface area contributed by atoms with E-state index in [0.717, 1.165) is 25.7 Å². The SMILES string of the molecule is CO[C@@H](C(=O)N[C@H]1CCCCNC1=O)[C@H](O)[C@H]1OC(C)(C)O[C@@H]1/C=C/C1CC1. The first-order chi connectivity index (χ1) is 13.3. The van der Waals surface area contributed by atoms with Crippen LogP contribution in [0.15, 0.2) is 12.2 Å². The molecule has 0 aromatic carbocycles. The summed E-state index contributed by atoms with van der Waals surface area (Å²) in [7, 11) is 1.36. The van der Waals surface area contributed by atoms with Crippen molar-refractivity contribution >= 4 is 11.8 Å². The van der Waals surface area contributed by atoms with Crippen LogP contribution in [0.1, 0.15) is 46.0 Å². The molecule has 8 nitrogen and oxygen atoms in total. The van der Waals surface area contributed by atoms with Gasteiger partial charge in [0.25, 0.3) is 5.91 Å². The van der Waals surface area contributed by atoms with Crippen LogP contribution in [0.4, 0.5) is 0 Å². The van der Waals surface area contributed by atoms with Crippen LogP contribution in [0, 0.1) is 5.92 Å². The number of carbonyl (C=O) groups is 2. The van der Waals surface area contributed by atoms with Gasteiger partial charge in [0.05, 0.1) is 0 Å². The lowest BCUT2D eigenvalue weighted by molar-refractivity contribution is -0.169. The third kappa shape index (κ3) is 5.31. The second-order valence-electron chi connectivity index (χ2n) is 8.28. The molecule has 0 unspecified atom stereocenters. The molecule has 2 heterocycles. The average Bonchev–Trinajstić information content (AvgIpc) is 3.43. The molecule has 1 aliphatic carbocycles. The standard InChI is InChI=1S/C20H32N2O6/c1-20(2)27-14(10-9-12-7-8-12)16(28-20)15(23)17(26-3)19(25)22-13-6-4-5-11-21-18(13)24/h9-10,12-17,23H,4-8,11H2,1-3H3,(H,21,24)(H,22,25)/b10-9+/t13-,14+,15+,16-,17+/m0/s1. The molecule has 3 aliphatic rings. The van der Waals surface area contributed by atoms with E-state index in [9.17, 15) is 14.7 Å². The topological polar surface area (TPSA) is 106 Å². The fourth-order valence-corrected chi connectivity index (χ4v) is 3.69. The third-order valence-corrected chi connectivity index (χ3v) is 5.37. The van der Waals surface area contributed by atoms with Gasteiger partial charge in [-0.25, -0.2) is 0 Å². The highest BCUT2D eigenvalue weighted by molar-refractivity contribution is 5.89. The minimum atomic E-state index is -1.24. The molecule has 0 spiro atoms. The average molecular weight is 396 g/mol. The van der Waals surface area contributed by atoms with Crippen molar-refractivity contribution in [2.45, 2.75) is 82.2 Å². The van der Waals surface area contributed by atoms with Crippen molar-refractivity contribution in [1.82, 2.24) is 10.6 Å². The predicted octanol–water partition coefficient (Wildman–Crippen LogP) is 0.634. The van der Waals surface area contributed by atoms with Crippen molar-refractivity contribution in [3.8, 4) is 0 Å². The number of hydrogen-bond acceptors (Lipinski definition) is 6. The molecule has 0 bridgehead atoms. The Morgan fingerprint density at radius 3 is 2.71 bits per heavy atom. The van der Waals surface area contributed by atoms with Crippen LogP contribution in [-0.4, -0.2) is 66.8 Å². The van der Waals surface area contributed by atoms with Crippen molar-refractivity contribution < 1.29 is 28.9 Å². The van der Waals surface area contributed by atoms with Crippen molar-refractivity contribution in [2.75, 3.05) is 13.7 Å². The lowest BCUT2D eigenvalue weighted by atomic mass is 10.0. The number of hydrogen-bond donors (Lipinski definition) is 3. The summed E-state index contributed by atoms with van der Waals surface area (Å²) >= 11 is 0. The van der Waals surface area contributed by atoms with E-state index in [1.54, 1.807) is 13.8 Å². The van der Waals surface area contributed by atoms with Crippen LogP contribution < -0.4 is 10.6 Å². The third-order valence-electron chi connectivity index (χ3n) is 5.37. The lowest BCUT2D eigenvalue weighted by Crippen LogP contribution is -2.55. The number of aliphatic hydroxyl groups excluding tert-OH is 1. The van der Waals surface area contributed by atoms with Crippen LogP contribution in [0.2, 0.25) is 0 Å². The first-order valence-electron chi connectivity index (χ1n) is 10.1. The Bertz CT molecular complexity index is 604. The maximum Gasteiger partial charge on any atom is 0.252 e. The molecule has 0 aromatic rings. The largest absolute Gasteiger partial charge is 0.387 e. The molecule has 8 heteroatoms. The second-order valence-corrected chi connectivity index (χ2v) is 8.28. The summed E-state index contributed by atoms with van der Waals surface area (Å²) in [6.07, 6.45) is 4.95. The quantitative estimate of drug-likeness (QED) is 0.545. The summed E-state index contributed by atoms with van der Waals surface area (Å²) in [4.78, 5) is 24.8. The smallest absolute Gasteiger partial charge is 0.252 e. The van der Waals surface area contributed by atoms with Crippen molar-refractivity contribution in [1.29, 1.82) is 0 Å². The molecule has 0 aromatic heterocycles. The Kier molecular flexibility index (Phi) is 6.75. The second kappa shape index (κ2) is 8.90. The zero-order valence-corrected chi connectivity index (χ0v) is 16.8. The van der Waals surface area contributed by atoms with E-state index < -0.39 is 42.2 Å². The minimum Gasteiger partial charge on any atom is -0.387 e. The normalized spacial score (nSPS) is 32.6. The lowest BCUT2D eigenvalue weighted by Gasteiger charge is -2.28. The Labute approximate surface area is 166 Å². The molecule has 3 rings (SSSR count). The number of aliphatic hydroxyl groups is 1. The highest BCUT2D eigenvalue weighted by Gasteiger charge is 2.48. The molecular weight excluding hydrogens is 364 g/mol. The van der Waals surface area contributed by atoms with E-state index in [0.29, 0.717) is 18.9 Å². The number of nitrogens with one attached hydrogen (secondary N) is 2. The monoisotopic (exact) mass is 396 g/mol. The Morgan fingerprint density at radius 2 is 2.04 bits per heavy atom. The zero-order chi connectivity index (χ0) is 20.3. The molecule has 2 saturated heterocycles. The summed E-state index contributed by atoms with van der Waals surface area (Å²) in [6.45, 7) is 4.16. The molecule has 5 atom stereocenters. The van der Waals surface area contributed by atoms with Crippen LogP contribution in [0.3, 0.4) is 0 Å². The summed E-state index contributed by atoms with van der Waals surface area (Å²) in [5, 5.41) is 16.4. The highest BCUT2D eigenvalue weighted by Crippen LogP contribution is 2.35. The van der Waals surface area contributed by atoms with Gasteiger partial charge in [-0.1, -0.05) is 12.2 Å². The number of methoxy groups -OCH3 is 1. The summed E-state index contributed by atoms with van der Waals surface area (Å²) in [5.74, 6) is -1.06. The maximum absolute atomic E-state index is 12.8. The van der Waals surface area contributed by atoms with Crippen molar-refractivity contribution in [3.05, 3.63) is 12.2 Å². The van der Waals surface area contributed by atoms with Crippen LogP contribution >= 0.6 is 0 Å². The number of allylic oxidation sites excluding steroid dienone is 1. The number of ether oxygens (including phenoxy) is 3. The first kappa shape index (κ1) is 21.2. The number of carbonyl (C=O) groups excluding carboxylic acids is 2. The Hall–Kier alpha value is -1.48. The van der Waals surface area contributed by atoms with E-state index in [1.807, 2.05) is 6.08 Å². The summed E-state index contributed by atoms with van der Waals surface area (Å²) < 4.78 is 17.1. The van der Waals surface area contributed by atoms with Gasteiger partial charge >= 0.3 is 0 Å². The van der Waals surface area contributed by atoms with E-state index in [4.69, 9.17) is 14.2 Å². The van der Waals surface area contributed by atoms with Crippen LogP contribution in [0.25, 0.3) is 0 Å². The number of rotatable bonds is 7. The fraction of sp³-hybridized carbons (Fsp3) is 0.800. The van der Waals surface area contributed by atoms with E-state index >= 15 is 0 Å². The zero-order valence-electron chi connectivity index (χ0n) is 16.8. The van der Waals surface area contributed by atoms with Crippen molar-refractivity contribution in [3.63, 3.8) is 0 Å². The highest BCUT2D eigenvalue weighted by atomic mass is 16.8. The molecule has 2 amide bonds. The molecule has 28 heavy (non-hydrogen) atoms.